The molecule has 3 fully saturated rings. The number of H-pyrrole nitrogens is 2. The van der Waals surface area contributed by atoms with E-state index in [-0.39, 0.29) is 35.7 Å². The van der Waals surface area contributed by atoms with E-state index >= 15 is 0 Å². The second-order valence-electron chi connectivity index (χ2n) is 18.8. The number of aromatic amines is 2. The van der Waals surface area contributed by atoms with E-state index in [0.717, 1.165) is 59.8 Å². The molecule has 14 nitrogen and oxygen atoms in total. The summed E-state index contributed by atoms with van der Waals surface area (Å²) in [6.45, 7) is 8.88. The molecule has 2 unspecified atom stereocenters. The van der Waals surface area contributed by atoms with Crippen molar-refractivity contribution in [2.75, 3.05) is 27.3 Å². The van der Waals surface area contributed by atoms with Crippen LogP contribution in [0.3, 0.4) is 0 Å². The summed E-state index contributed by atoms with van der Waals surface area (Å²) >= 11 is 0. The van der Waals surface area contributed by atoms with Crippen LogP contribution in [-0.4, -0.2) is 93.1 Å². The molecule has 9 rings (SSSR count). The fraction of sp³-hybridized carbons (Fsp3) is 0.451. The quantitative estimate of drug-likeness (QED) is 0.0960. The van der Waals surface area contributed by atoms with Crippen molar-refractivity contribution in [2.24, 2.45) is 11.8 Å². The van der Waals surface area contributed by atoms with Gasteiger partial charge in [-0.15, -0.1) is 0 Å². The summed E-state index contributed by atoms with van der Waals surface area (Å²) in [5.41, 5.74) is 11.8. The van der Waals surface area contributed by atoms with Crippen molar-refractivity contribution in [1.82, 2.24) is 40.4 Å². The maximum Gasteiger partial charge on any atom is 0.407 e. The van der Waals surface area contributed by atoms with Gasteiger partial charge in [0.15, 0.2) is 0 Å². The fourth-order valence-electron chi connectivity index (χ4n) is 10.9. The number of nitrogens with one attached hydrogen (secondary N) is 4. The molecule has 4 aliphatic rings. The van der Waals surface area contributed by atoms with Crippen LogP contribution in [0.5, 0.6) is 0 Å². The van der Waals surface area contributed by atoms with Crippen molar-refractivity contribution in [3.8, 4) is 44.8 Å². The van der Waals surface area contributed by atoms with E-state index < -0.39 is 24.3 Å². The zero-order chi connectivity index (χ0) is 45.5. The zero-order valence-electron chi connectivity index (χ0n) is 38.1. The number of amides is 4. The molecule has 2 aromatic heterocycles. The second-order valence-corrected chi connectivity index (χ2v) is 18.8. The van der Waals surface area contributed by atoms with Gasteiger partial charge in [-0.25, -0.2) is 19.6 Å². The first-order chi connectivity index (χ1) is 31.4. The summed E-state index contributed by atoms with van der Waals surface area (Å²) in [4.78, 5) is 71.7. The Morgan fingerprint density at radius 2 is 0.969 bits per heavy atom. The number of aromatic nitrogens is 4. The lowest BCUT2D eigenvalue weighted by Crippen LogP contribution is -2.51. The number of fused-ring (bicyclic) bond motifs is 5. The predicted octanol–water partition coefficient (Wildman–Crippen LogP) is 9.25. The highest BCUT2D eigenvalue weighted by Gasteiger charge is 2.41. The van der Waals surface area contributed by atoms with E-state index in [4.69, 9.17) is 19.4 Å². The fourth-order valence-corrected chi connectivity index (χ4v) is 10.9. The van der Waals surface area contributed by atoms with Gasteiger partial charge in [0, 0.05) is 13.1 Å². The number of benzene rings is 3. The topological polar surface area (TPSA) is 175 Å². The first-order valence-electron chi connectivity index (χ1n) is 23.2. The molecule has 0 spiro atoms. The van der Waals surface area contributed by atoms with Gasteiger partial charge in [0.05, 0.1) is 50.1 Å². The lowest BCUT2D eigenvalue weighted by atomic mass is 9.81. The summed E-state index contributed by atoms with van der Waals surface area (Å²) in [6.07, 6.45) is 9.40. The van der Waals surface area contributed by atoms with Crippen molar-refractivity contribution in [1.29, 1.82) is 0 Å². The number of nitrogens with zero attached hydrogens (tertiary/aromatic N) is 4. The molecule has 2 bridgehead atoms. The minimum atomic E-state index is -0.682. The van der Waals surface area contributed by atoms with Gasteiger partial charge in [-0.2, -0.15) is 0 Å². The van der Waals surface area contributed by atoms with Crippen LogP contribution in [0.15, 0.2) is 73.1 Å². The number of alkyl carbamates (subject to hydrolysis) is 2. The molecule has 0 radical (unpaired) electrons. The molecule has 6 atom stereocenters. The van der Waals surface area contributed by atoms with Gasteiger partial charge in [-0.1, -0.05) is 88.4 Å². The molecule has 4 heterocycles. The van der Waals surface area contributed by atoms with Crippen LogP contribution in [0.1, 0.15) is 119 Å². The summed E-state index contributed by atoms with van der Waals surface area (Å²) in [7, 11) is 2.60. The van der Waals surface area contributed by atoms with Crippen LogP contribution < -0.4 is 10.6 Å². The number of imidazole rings is 2. The smallest absolute Gasteiger partial charge is 0.407 e. The average Bonchev–Trinajstić information content (AvgIpc) is 4.19. The van der Waals surface area contributed by atoms with E-state index in [1.807, 2.05) is 49.9 Å². The highest BCUT2D eigenvalue weighted by Crippen LogP contribution is 2.58. The molecular weight excluding hydrogens is 821 g/mol. The molecule has 2 aliphatic heterocycles. The maximum absolute atomic E-state index is 13.7. The average molecular weight is 881 g/mol. The van der Waals surface area contributed by atoms with Crippen LogP contribution in [-0.2, 0) is 19.1 Å². The first kappa shape index (κ1) is 43.8. The lowest BCUT2D eigenvalue weighted by Gasteiger charge is -2.30. The van der Waals surface area contributed by atoms with Gasteiger partial charge in [0.2, 0.25) is 11.8 Å². The summed E-state index contributed by atoms with van der Waals surface area (Å²) < 4.78 is 9.59. The van der Waals surface area contributed by atoms with Crippen molar-refractivity contribution >= 4 is 24.0 Å². The number of hydrogen-bond donors (Lipinski definition) is 4. The molecule has 65 heavy (non-hydrogen) atoms. The summed E-state index contributed by atoms with van der Waals surface area (Å²) in [5, 5.41) is 5.45. The minimum Gasteiger partial charge on any atom is -0.453 e. The normalized spacial score (nSPS) is 20.9. The Balaban J connectivity index is 0.910. The number of likely N-dealkylation sites (tertiary alicyclic amines) is 2. The first-order valence-corrected chi connectivity index (χ1v) is 23.2. The number of hydrogen-bond acceptors (Lipinski definition) is 8. The van der Waals surface area contributed by atoms with Crippen LogP contribution in [0, 0.1) is 11.8 Å². The minimum absolute atomic E-state index is 0.100. The Hall–Kier alpha value is -6.44. The number of carbonyl (C=O) groups is 4. The van der Waals surface area contributed by atoms with Crippen LogP contribution in [0.4, 0.5) is 9.59 Å². The van der Waals surface area contributed by atoms with Crippen molar-refractivity contribution in [3.63, 3.8) is 0 Å². The molecule has 4 amide bonds. The van der Waals surface area contributed by atoms with Gasteiger partial charge in [-0.3, -0.25) is 9.59 Å². The third kappa shape index (κ3) is 8.39. The van der Waals surface area contributed by atoms with E-state index in [2.05, 4.69) is 81.3 Å². The second kappa shape index (κ2) is 18.2. The molecule has 3 aromatic carbocycles. The molecule has 340 valence electrons. The highest BCUT2D eigenvalue weighted by molar-refractivity contribution is 5.87. The molecule has 14 heteroatoms. The van der Waals surface area contributed by atoms with Gasteiger partial charge >= 0.3 is 12.2 Å². The lowest BCUT2D eigenvalue weighted by molar-refractivity contribution is -0.136. The maximum atomic E-state index is 13.7. The molecule has 1 saturated carbocycles. The molecule has 2 saturated heterocycles. The predicted molar refractivity (Wildman–Crippen MR) is 248 cm³/mol. The Bertz CT molecular complexity index is 2390. The number of rotatable bonds is 12. The van der Waals surface area contributed by atoms with Crippen LogP contribution >= 0.6 is 0 Å². The van der Waals surface area contributed by atoms with Crippen LogP contribution in [0.2, 0.25) is 0 Å². The Labute approximate surface area is 380 Å². The Kier molecular flexibility index (Phi) is 12.3. The van der Waals surface area contributed by atoms with Crippen molar-refractivity contribution < 1.29 is 28.7 Å². The third-order valence-electron chi connectivity index (χ3n) is 14.2. The van der Waals surface area contributed by atoms with Gasteiger partial charge < -0.3 is 39.9 Å². The summed E-state index contributed by atoms with van der Waals surface area (Å²) in [6, 6.07) is 20.3. The molecule has 2 aliphatic carbocycles. The van der Waals surface area contributed by atoms with Gasteiger partial charge in [0.25, 0.3) is 0 Å². The van der Waals surface area contributed by atoms with Gasteiger partial charge in [-0.05, 0) is 113 Å². The SMILES string of the molecule is COC(=O)N[C@H](C(=O)N1CCC[C@H]1c1ncc(-c2ccc(-c3ccc(-c4ccc(-c5cnc([C@@H]6CCCN6C(=O)[C@@H](NC(=O)OC)C(C)C)[nH]5)cc4)c4c3C3CCC4C3)cc2)[nH]1)C(C)C. The standard InChI is InChI=1S/C51H60N8O6/c1-28(2)44(56-50(62)64-5)48(60)58-23-7-9-40(58)46-52-26-38(54-46)32-15-11-30(12-16-32)36-21-22-37(43-35-20-19-34(25-35)42(36)43)31-13-17-33(18-14-31)39-27-53-47(55-39)41-10-8-24-59(41)49(61)45(29(3)4)57-51(63)65-6/h11-18,21-22,26-29,34-35,40-41,44-45H,7-10,19-20,23-25H2,1-6H3,(H,52,54)(H,53,55)(H,56,62)(H,57,63)/t34?,35?,40-,41-,44-,45-/m0/s1. The number of methoxy groups -OCH3 is 2. The molecular formula is C51H60N8O6. The summed E-state index contributed by atoms with van der Waals surface area (Å²) in [5.74, 6) is 2.14. The van der Waals surface area contributed by atoms with Crippen LogP contribution in [0.25, 0.3) is 44.8 Å². The molecule has 5 aromatic rings. The zero-order valence-corrected chi connectivity index (χ0v) is 38.1. The monoisotopic (exact) mass is 880 g/mol. The Morgan fingerprint density at radius 1 is 0.585 bits per heavy atom. The van der Waals surface area contributed by atoms with E-state index in [1.165, 1.54) is 66.9 Å². The van der Waals surface area contributed by atoms with Crippen molar-refractivity contribution in [3.05, 3.63) is 95.8 Å². The number of ether oxygens (including phenoxy) is 2. The largest absolute Gasteiger partial charge is 0.453 e. The third-order valence-corrected chi connectivity index (χ3v) is 14.2. The van der Waals surface area contributed by atoms with E-state index in [0.29, 0.717) is 24.9 Å². The van der Waals surface area contributed by atoms with E-state index in [9.17, 15) is 19.2 Å². The van der Waals surface area contributed by atoms with Gasteiger partial charge in [0.1, 0.15) is 23.7 Å². The van der Waals surface area contributed by atoms with E-state index in [1.54, 1.807) is 0 Å². The Morgan fingerprint density at radius 3 is 1.34 bits per heavy atom. The number of carbonyl (C=O) groups excluding carboxylic acids is 4. The highest BCUT2D eigenvalue weighted by atomic mass is 16.5. The molecule has 4 N–H and O–H groups in total. The van der Waals surface area contributed by atoms with Crippen molar-refractivity contribution in [2.45, 2.75) is 109 Å².